The van der Waals surface area contributed by atoms with E-state index in [2.05, 4.69) is 10.3 Å². The standard InChI is InChI=1S/C18H18N4O3/c1-25-16(23)9-10-22-15-8-3-2-7-14(15)20-18(22)21-17(24)12-5-4-6-13(19)11-12/h2-8,11H,9-10,19H2,1H3,(H,20,21,24). The zero-order valence-electron chi connectivity index (χ0n) is 13.7. The first-order chi connectivity index (χ1) is 12.1. The Bertz CT molecular complexity index is 933. The monoisotopic (exact) mass is 338 g/mol. The van der Waals surface area contributed by atoms with Gasteiger partial charge in [-0.05, 0) is 30.3 Å². The number of nitrogen functional groups attached to an aromatic ring is 1. The van der Waals surface area contributed by atoms with Crippen molar-refractivity contribution in [1.29, 1.82) is 0 Å². The van der Waals surface area contributed by atoms with Crippen LogP contribution in [0.2, 0.25) is 0 Å². The number of methoxy groups -OCH3 is 1. The summed E-state index contributed by atoms with van der Waals surface area (Å²) >= 11 is 0. The van der Waals surface area contributed by atoms with Crippen LogP contribution in [0.15, 0.2) is 48.5 Å². The van der Waals surface area contributed by atoms with Gasteiger partial charge >= 0.3 is 5.97 Å². The number of esters is 1. The molecular weight excluding hydrogens is 320 g/mol. The lowest BCUT2D eigenvalue weighted by atomic mass is 10.2. The Morgan fingerprint density at radius 3 is 2.76 bits per heavy atom. The molecule has 0 saturated heterocycles. The molecule has 0 aliphatic carbocycles. The molecule has 7 nitrogen and oxygen atoms in total. The van der Waals surface area contributed by atoms with Crippen LogP contribution in [0.3, 0.4) is 0 Å². The molecule has 0 atom stereocenters. The van der Waals surface area contributed by atoms with Crippen molar-refractivity contribution >= 4 is 34.5 Å². The van der Waals surface area contributed by atoms with Gasteiger partial charge in [0.25, 0.3) is 5.91 Å². The predicted molar refractivity (Wildman–Crippen MR) is 95.2 cm³/mol. The number of aromatic nitrogens is 2. The van der Waals surface area contributed by atoms with Gasteiger partial charge in [-0.1, -0.05) is 18.2 Å². The number of nitrogens with one attached hydrogen (secondary N) is 1. The SMILES string of the molecule is COC(=O)CCn1c(NC(=O)c2cccc(N)c2)nc2ccccc21. The van der Waals surface area contributed by atoms with E-state index in [1.54, 1.807) is 28.8 Å². The van der Waals surface area contributed by atoms with E-state index in [9.17, 15) is 9.59 Å². The second-order valence-electron chi connectivity index (χ2n) is 5.48. The van der Waals surface area contributed by atoms with Gasteiger partial charge in [0, 0.05) is 17.8 Å². The molecule has 0 aliphatic rings. The van der Waals surface area contributed by atoms with E-state index in [1.165, 1.54) is 7.11 Å². The summed E-state index contributed by atoms with van der Waals surface area (Å²) in [5.41, 5.74) is 8.23. The molecule has 7 heteroatoms. The lowest BCUT2D eigenvalue weighted by Gasteiger charge is -2.10. The minimum absolute atomic E-state index is 0.179. The topological polar surface area (TPSA) is 99.2 Å². The van der Waals surface area contributed by atoms with Crippen molar-refractivity contribution < 1.29 is 14.3 Å². The van der Waals surface area contributed by atoms with Gasteiger partial charge in [0.05, 0.1) is 24.6 Å². The Morgan fingerprint density at radius 1 is 1.20 bits per heavy atom. The first-order valence-corrected chi connectivity index (χ1v) is 7.77. The van der Waals surface area contributed by atoms with Gasteiger partial charge in [0.15, 0.2) is 0 Å². The van der Waals surface area contributed by atoms with Crippen molar-refractivity contribution in [1.82, 2.24) is 9.55 Å². The van der Waals surface area contributed by atoms with Crippen molar-refractivity contribution in [3.8, 4) is 0 Å². The zero-order valence-corrected chi connectivity index (χ0v) is 13.7. The highest BCUT2D eigenvalue weighted by Gasteiger charge is 2.15. The number of hydrogen-bond donors (Lipinski definition) is 2. The van der Waals surface area contributed by atoms with Gasteiger partial charge in [0.1, 0.15) is 0 Å². The third-order valence-corrected chi connectivity index (χ3v) is 3.80. The number of anilines is 2. The van der Waals surface area contributed by atoms with Crippen molar-refractivity contribution in [3.05, 3.63) is 54.1 Å². The maximum atomic E-state index is 12.5. The van der Waals surface area contributed by atoms with Gasteiger partial charge < -0.3 is 15.0 Å². The Kier molecular flexibility index (Phi) is 4.65. The van der Waals surface area contributed by atoms with Gasteiger partial charge in [-0.3, -0.25) is 14.9 Å². The summed E-state index contributed by atoms with van der Waals surface area (Å²) in [5, 5.41) is 2.79. The van der Waals surface area contributed by atoms with E-state index >= 15 is 0 Å². The number of rotatable bonds is 5. The normalized spacial score (nSPS) is 10.6. The van der Waals surface area contributed by atoms with E-state index in [1.807, 2.05) is 24.3 Å². The van der Waals surface area contributed by atoms with E-state index in [-0.39, 0.29) is 18.3 Å². The number of carbonyl (C=O) groups is 2. The highest BCUT2D eigenvalue weighted by atomic mass is 16.5. The molecule has 2 aromatic carbocycles. The molecule has 1 heterocycles. The summed E-state index contributed by atoms with van der Waals surface area (Å²) in [6.07, 6.45) is 0.179. The van der Waals surface area contributed by atoms with Gasteiger partial charge in [-0.2, -0.15) is 0 Å². The molecule has 0 fully saturated rings. The number of aryl methyl sites for hydroxylation is 1. The van der Waals surface area contributed by atoms with Crippen LogP contribution < -0.4 is 11.1 Å². The minimum Gasteiger partial charge on any atom is -0.469 e. The molecule has 0 spiro atoms. The molecule has 3 N–H and O–H groups in total. The molecule has 3 aromatic rings. The van der Waals surface area contributed by atoms with E-state index in [0.717, 1.165) is 11.0 Å². The maximum absolute atomic E-state index is 12.5. The molecule has 0 unspecified atom stereocenters. The van der Waals surface area contributed by atoms with Crippen LogP contribution in [0, 0.1) is 0 Å². The Labute approximate surface area is 144 Å². The minimum atomic E-state index is -0.328. The largest absolute Gasteiger partial charge is 0.469 e. The molecule has 128 valence electrons. The van der Waals surface area contributed by atoms with Crippen LogP contribution in [0.4, 0.5) is 11.6 Å². The molecule has 0 saturated carbocycles. The molecule has 0 radical (unpaired) electrons. The first-order valence-electron chi connectivity index (χ1n) is 7.77. The maximum Gasteiger partial charge on any atom is 0.307 e. The van der Waals surface area contributed by atoms with Crippen LogP contribution in [0.25, 0.3) is 11.0 Å². The van der Waals surface area contributed by atoms with Crippen LogP contribution in [-0.4, -0.2) is 28.5 Å². The average Bonchev–Trinajstić information content (AvgIpc) is 2.96. The lowest BCUT2D eigenvalue weighted by molar-refractivity contribution is -0.140. The number of benzene rings is 2. The van der Waals surface area contributed by atoms with Gasteiger partial charge in [-0.25, -0.2) is 4.98 Å². The summed E-state index contributed by atoms with van der Waals surface area (Å²) in [6.45, 7) is 0.347. The number of nitrogens with zero attached hydrogens (tertiary/aromatic N) is 2. The van der Waals surface area contributed by atoms with Crippen molar-refractivity contribution in [2.45, 2.75) is 13.0 Å². The fourth-order valence-electron chi connectivity index (χ4n) is 2.56. The summed E-state index contributed by atoms with van der Waals surface area (Å²) in [6, 6.07) is 14.2. The fraction of sp³-hybridized carbons (Fsp3) is 0.167. The Balaban J connectivity index is 1.91. The smallest absolute Gasteiger partial charge is 0.307 e. The van der Waals surface area contributed by atoms with E-state index in [4.69, 9.17) is 10.5 Å². The van der Waals surface area contributed by atoms with Crippen LogP contribution in [0.1, 0.15) is 16.8 Å². The number of carbonyl (C=O) groups excluding carboxylic acids is 2. The molecule has 1 amide bonds. The molecular formula is C18H18N4O3. The number of amides is 1. The molecule has 25 heavy (non-hydrogen) atoms. The molecule has 1 aromatic heterocycles. The molecule has 3 rings (SSSR count). The fourth-order valence-corrected chi connectivity index (χ4v) is 2.56. The number of fused-ring (bicyclic) bond motifs is 1. The summed E-state index contributed by atoms with van der Waals surface area (Å²) in [4.78, 5) is 28.4. The van der Waals surface area contributed by atoms with Crippen LogP contribution in [-0.2, 0) is 16.1 Å². The highest BCUT2D eigenvalue weighted by molar-refractivity contribution is 6.04. The quantitative estimate of drug-likeness (QED) is 0.550. The second-order valence-corrected chi connectivity index (χ2v) is 5.48. The first kappa shape index (κ1) is 16.5. The number of nitrogens with two attached hydrogens (primary N) is 1. The van der Waals surface area contributed by atoms with Crippen molar-refractivity contribution in [2.75, 3.05) is 18.2 Å². The predicted octanol–water partition coefficient (Wildman–Crippen LogP) is 2.43. The second kappa shape index (κ2) is 7.04. The van der Waals surface area contributed by atoms with Crippen molar-refractivity contribution in [2.24, 2.45) is 0 Å². The van der Waals surface area contributed by atoms with Crippen LogP contribution >= 0.6 is 0 Å². The third-order valence-electron chi connectivity index (χ3n) is 3.80. The summed E-state index contributed by atoms with van der Waals surface area (Å²) in [7, 11) is 1.34. The number of hydrogen-bond acceptors (Lipinski definition) is 5. The Morgan fingerprint density at radius 2 is 2.00 bits per heavy atom. The average molecular weight is 338 g/mol. The number of para-hydroxylation sites is 2. The summed E-state index contributed by atoms with van der Waals surface area (Å²) in [5.74, 6) is -0.273. The molecule has 0 bridgehead atoms. The molecule has 0 aliphatic heterocycles. The van der Waals surface area contributed by atoms with Gasteiger partial charge in [0.2, 0.25) is 5.95 Å². The van der Waals surface area contributed by atoms with E-state index in [0.29, 0.717) is 23.7 Å². The van der Waals surface area contributed by atoms with Gasteiger partial charge in [-0.15, -0.1) is 0 Å². The lowest BCUT2D eigenvalue weighted by Crippen LogP contribution is -2.17. The number of ether oxygens (including phenoxy) is 1. The van der Waals surface area contributed by atoms with Crippen molar-refractivity contribution in [3.63, 3.8) is 0 Å². The van der Waals surface area contributed by atoms with E-state index < -0.39 is 0 Å². The highest BCUT2D eigenvalue weighted by Crippen LogP contribution is 2.21. The Hall–Kier alpha value is -3.35. The number of imidazole rings is 1. The summed E-state index contributed by atoms with van der Waals surface area (Å²) < 4.78 is 6.48. The zero-order chi connectivity index (χ0) is 17.8. The third kappa shape index (κ3) is 3.60. The van der Waals surface area contributed by atoms with Crippen LogP contribution in [0.5, 0.6) is 0 Å².